The molecule has 0 aliphatic carbocycles. The Morgan fingerprint density at radius 2 is 1.93 bits per heavy atom. The first kappa shape index (κ1) is 19.9. The smallest absolute Gasteiger partial charge is 0.234 e. The van der Waals surface area contributed by atoms with E-state index in [4.69, 9.17) is 17.0 Å². The molecule has 0 saturated carbocycles. The van der Waals surface area contributed by atoms with Crippen LogP contribution in [0.15, 0.2) is 54.6 Å². The predicted octanol–water partition coefficient (Wildman–Crippen LogP) is 3.84. The van der Waals surface area contributed by atoms with Gasteiger partial charge in [0.25, 0.3) is 0 Å². The number of hydrogen-bond acceptors (Lipinski definition) is 5. The molecule has 1 aliphatic heterocycles. The lowest BCUT2D eigenvalue weighted by molar-refractivity contribution is -0.135. The van der Waals surface area contributed by atoms with Crippen LogP contribution in [0.3, 0.4) is 0 Å². The van der Waals surface area contributed by atoms with Crippen molar-refractivity contribution < 1.29 is 14.6 Å². The molecule has 0 spiro atoms. The summed E-state index contributed by atoms with van der Waals surface area (Å²) in [5, 5.41) is 10.7. The molecule has 1 saturated heterocycles. The first-order valence-corrected chi connectivity index (χ1v) is 10.3. The summed E-state index contributed by atoms with van der Waals surface area (Å²) in [6.45, 7) is 1.75. The van der Waals surface area contributed by atoms with Gasteiger partial charge in [-0.05, 0) is 29.7 Å². The van der Waals surface area contributed by atoms with Gasteiger partial charge in [-0.25, -0.2) is 0 Å². The minimum Gasteiger partial charge on any atom is -0.497 e. The van der Waals surface area contributed by atoms with Crippen molar-refractivity contribution in [3.63, 3.8) is 0 Å². The number of nitrogens with zero attached hydrogens (tertiary/aromatic N) is 1. The number of rotatable bonds is 6. The number of thiocarbonyl (C=S) groups is 1. The van der Waals surface area contributed by atoms with E-state index in [1.54, 1.807) is 43.2 Å². The van der Waals surface area contributed by atoms with E-state index in [1.807, 2.05) is 18.2 Å². The Hall–Kier alpha value is -1.89. The maximum absolute atomic E-state index is 13.1. The van der Waals surface area contributed by atoms with E-state index in [0.717, 1.165) is 12.2 Å². The summed E-state index contributed by atoms with van der Waals surface area (Å²) in [4.78, 5) is 14.8. The molecule has 142 valence electrons. The second-order valence-electron chi connectivity index (χ2n) is 6.64. The quantitative estimate of drug-likeness (QED) is 0.746. The van der Waals surface area contributed by atoms with Gasteiger partial charge in [0, 0.05) is 5.75 Å². The zero-order valence-corrected chi connectivity index (χ0v) is 17.0. The zero-order valence-electron chi connectivity index (χ0n) is 15.4. The van der Waals surface area contributed by atoms with Crippen molar-refractivity contribution in [2.45, 2.75) is 25.5 Å². The number of aliphatic hydroxyl groups is 1. The Morgan fingerprint density at radius 3 is 2.56 bits per heavy atom. The summed E-state index contributed by atoms with van der Waals surface area (Å²) in [5.41, 5.74) is 1.86. The van der Waals surface area contributed by atoms with Crippen molar-refractivity contribution in [1.82, 2.24) is 4.90 Å². The van der Waals surface area contributed by atoms with Gasteiger partial charge in [0.2, 0.25) is 5.91 Å². The molecule has 0 unspecified atom stereocenters. The zero-order chi connectivity index (χ0) is 19.4. The summed E-state index contributed by atoms with van der Waals surface area (Å²) in [6.07, 6.45) is -0.139. The standard InChI is InChI=1S/C21H23NO3S2/c1-14(19(23)16-8-10-18(25-2)11-9-16)20(24)22-17(13-27-21(22)26)12-15-6-4-3-5-7-15/h3-11,14,17,19,23H,12-13H2,1-2H3/t14-,17-,19-/m0/s1. The molecule has 1 fully saturated rings. The van der Waals surface area contributed by atoms with Crippen molar-refractivity contribution >= 4 is 34.2 Å². The summed E-state index contributed by atoms with van der Waals surface area (Å²) in [6, 6.07) is 17.2. The molecule has 1 amide bonds. The fraction of sp³-hybridized carbons (Fsp3) is 0.333. The molecule has 2 aromatic rings. The SMILES string of the molecule is COc1ccc([C@@H](O)[C@H](C)C(=O)N2C(=S)SC[C@@H]2Cc2ccccc2)cc1. The molecule has 0 aromatic heterocycles. The second kappa shape index (κ2) is 8.87. The van der Waals surface area contributed by atoms with Crippen molar-refractivity contribution in [3.05, 3.63) is 65.7 Å². The van der Waals surface area contributed by atoms with Gasteiger partial charge in [-0.1, -0.05) is 73.4 Å². The van der Waals surface area contributed by atoms with E-state index in [1.165, 1.54) is 17.3 Å². The van der Waals surface area contributed by atoms with Crippen LogP contribution in [0.25, 0.3) is 0 Å². The van der Waals surface area contributed by atoms with Gasteiger partial charge in [0.15, 0.2) is 0 Å². The van der Waals surface area contributed by atoms with Gasteiger partial charge in [-0.2, -0.15) is 0 Å². The molecule has 3 rings (SSSR count). The number of aliphatic hydroxyl groups excluding tert-OH is 1. The van der Waals surface area contributed by atoms with E-state index in [-0.39, 0.29) is 11.9 Å². The number of carbonyl (C=O) groups excluding carboxylic acids is 1. The highest BCUT2D eigenvalue weighted by molar-refractivity contribution is 8.23. The Morgan fingerprint density at radius 1 is 1.26 bits per heavy atom. The summed E-state index contributed by atoms with van der Waals surface area (Å²) < 4.78 is 5.74. The van der Waals surface area contributed by atoms with Crippen LogP contribution in [0.5, 0.6) is 5.75 Å². The maximum atomic E-state index is 13.1. The lowest BCUT2D eigenvalue weighted by Gasteiger charge is -2.28. The Bertz CT molecular complexity index is 795. The summed E-state index contributed by atoms with van der Waals surface area (Å²) in [7, 11) is 1.59. The van der Waals surface area contributed by atoms with Crippen molar-refractivity contribution in [1.29, 1.82) is 0 Å². The second-order valence-corrected chi connectivity index (χ2v) is 8.29. The molecule has 0 bridgehead atoms. The molecule has 27 heavy (non-hydrogen) atoms. The number of thioether (sulfide) groups is 1. The third kappa shape index (κ3) is 4.51. The molecular formula is C21H23NO3S2. The van der Waals surface area contributed by atoms with Crippen LogP contribution < -0.4 is 4.74 Å². The van der Waals surface area contributed by atoms with Gasteiger partial charge in [0.1, 0.15) is 10.1 Å². The fourth-order valence-corrected chi connectivity index (χ4v) is 4.63. The monoisotopic (exact) mass is 401 g/mol. The van der Waals surface area contributed by atoms with E-state index in [2.05, 4.69) is 12.1 Å². The average Bonchev–Trinajstić information content (AvgIpc) is 3.07. The maximum Gasteiger partial charge on any atom is 0.234 e. The normalized spacial score (nSPS) is 19.0. The average molecular weight is 402 g/mol. The number of amides is 1. The molecule has 1 aliphatic rings. The Labute approximate surface area is 169 Å². The fourth-order valence-electron chi connectivity index (χ4n) is 3.21. The minimum absolute atomic E-state index is 0.0166. The topological polar surface area (TPSA) is 49.8 Å². The molecule has 1 N–H and O–H groups in total. The van der Waals surface area contributed by atoms with Crippen LogP contribution in [-0.2, 0) is 11.2 Å². The third-order valence-electron chi connectivity index (χ3n) is 4.83. The van der Waals surface area contributed by atoms with Gasteiger partial charge in [-0.15, -0.1) is 0 Å². The van der Waals surface area contributed by atoms with E-state index in [0.29, 0.717) is 15.6 Å². The van der Waals surface area contributed by atoms with E-state index < -0.39 is 12.0 Å². The van der Waals surface area contributed by atoms with Crippen molar-refractivity contribution in [3.8, 4) is 5.75 Å². The summed E-state index contributed by atoms with van der Waals surface area (Å²) in [5.74, 6) is 0.776. The highest BCUT2D eigenvalue weighted by atomic mass is 32.2. The predicted molar refractivity (Wildman–Crippen MR) is 113 cm³/mol. The van der Waals surface area contributed by atoms with Gasteiger partial charge < -0.3 is 9.84 Å². The molecule has 3 atom stereocenters. The largest absolute Gasteiger partial charge is 0.497 e. The number of benzene rings is 2. The van der Waals surface area contributed by atoms with Crippen LogP contribution >= 0.6 is 24.0 Å². The summed E-state index contributed by atoms with van der Waals surface area (Å²) >= 11 is 6.96. The number of hydrogen-bond donors (Lipinski definition) is 1. The minimum atomic E-state index is -0.894. The van der Waals surface area contributed by atoms with Gasteiger partial charge in [-0.3, -0.25) is 9.69 Å². The Balaban J connectivity index is 1.73. The first-order valence-electron chi connectivity index (χ1n) is 8.87. The number of carbonyl (C=O) groups is 1. The van der Waals surface area contributed by atoms with Crippen molar-refractivity contribution in [2.75, 3.05) is 12.9 Å². The molecule has 0 radical (unpaired) electrons. The number of methoxy groups -OCH3 is 1. The molecule has 4 nitrogen and oxygen atoms in total. The molecule has 6 heteroatoms. The highest BCUT2D eigenvalue weighted by Gasteiger charge is 2.38. The lowest BCUT2D eigenvalue weighted by Crippen LogP contribution is -2.44. The van der Waals surface area contributed by atoms with E-state index >= 15 is 0 Å². The lowest BCUT2D eigenvalue weighted by atomic mass is 9.95. The van der Waals surface area contributed by atoms with Crippen LogP contribution in [-0.4, -0.2) is 39.1 Å². The molecular weight excluding hydrogens is 378 g/mol. The third-order valence-corrected chi connectivity index (χ3v) is 6.38. The molecule has 1 heterocycles. The number of ether oxygens (including phenoxy) is 1. The van der Waals surface area contributed by atoms with Gasteiger partial charge >= 0.3 is 0 Å². The van der Waals surface area contributed by atoms with Crippen LogP contribution in [0, 0.1) is 5.92 Å². The van der Waals surface area contributed by atoms with Gasteiger partial charge in [0.05, 0.1) is 25.2 Å². The van der Waals surface area contributed by atoms with Crippen LogP contribution in [0.4, 0.5) is 0 Å². The molecule has 2 aromatic carbocycles. The van der Waals surface area contributed by atoms with E-state index in [9.17, 15) is 9.90 Å². The van der Waals surface area contributed by atoms with Crippen molar-refractivity contribution in [2.24, 2.45) is 5.92 Å². The first-order chi connectivity index (χ1) is 13.0. The Kier molecular flexibility index (Phi) is 6.52. The van der Waals surface area contributed by atoms with Crippen LogP contribution in [0.1, 0.15) is 24.2 Å². The van der Waals surface area contributed by atoms with Crippen LogP contribution in [0.2, 0.25) is 0 Å². The highest BCUT2D eigenvalue weighted by Crippen LogP contribution is 2.32.